The molecule has 2 aliphatic rings. The molecule has 3 heterocycles. The maximum absolute atomic E-state index is 12.8. The van der Waals surface area contributed by atoms with E-state index >= 15 is 0 Å². The second-order valence-corrected chi connectivity index (χ2v) is 7.02. The molecule has 144 valence electrons. The number of carbonyl (C=O) groups excluding carboxylic acids is 3. The van der Waals surface area contributed by atoms with Crippen molar-refractivity contribution >= 4 is 17.7 Å². The van der Waals surface area contributed by atoms with Gasteiger partial charge >= 0.3 is 0 Å². The molecule has 1 N–H and O–H groups in total. The molecule has 3 amide bonds. The average molecular weight is 379 g/mol. The Hall–Kier alpha value is -3.06. The minimum Gasteiger partial charge on any atom is -0.381 e. The van der Waals surface area contributed by atoms with Crippen LogP contribution in [0.15, 0.2) is 48.8 Å². The Morgan fingerprint density at radius 3 is 2.39 bits per heavy atom. The Bertz CT molecular complexity index is 859. The van der Waals surface area contributed by atoms with Crippen molar-refractivity contribution in [3.8, 4) is 0 Å². The molecule has 0 bridgehead atoms. The van der Waals surface area contributed by atoms with E-state index in [9.17, 15) is 14.4 Å². The van der Waals surface area contributed by atoms with Crippen LogP contribution in [-0.4, -0.2) is 47.4 Å². The lowest BCUT2D eigenvalue weighted by molar-refractivity contribution is -0.122. The molecule has 0 spiro atoms. The van der Waals surface area contributed by atoms with Gasteiger partial charge in [0.05, 0.1) is 17.2 Å². The number of amides is 3. The normalized spacial score (nSPS) is 18.1. The van der Waals surface area contributed by atoms with Crippen LogP contribution in [0.5, 0.6) is 0 Å². The number of hydrogen-bond acceptors (Lipinski definition) is 5. The number of fused-ring (bicyclic) bond motifs is 1. The zero-order chi connectivity index (χ0) is 19.5. The first-order chi connectivity index (χ1) is 13.6. The summed E-state index contributed by atoms with van der Waals surface area (Å²) in [7, 11) is 0. The van der Waals surface area contributed by atoms with Gasteiger partial charge in [-0.2, -0.15) is 0 Å². The van der Waals surface area contributed by atoms with Crippen LogP contribution in [0.3, 0.4) is 0 Å². The molecule has 0 saturated carbocycles. The van der Waals surface area contributed by atoms with Crippen molar-refractivity contribution in [1.29, 1.82) is 0 Å². The van der Waals surface area contributed by atoms with Crippen molar-refractivity contribution in [1.82, 2.24) is 15.2 Å². The maximum atomic E-state index is 12.8. The average Bonchev–Trinajstić information content (AvgIpc) is 2.98. The van der Waals surface area contributed by atoms with Gasteiger partial charge in [0.25, 0.3) is 11.8 Å². The number of rotatable bonds is 5. The van der Waals surface area contributed by atoms with E-state index in [2.05, 4.69) is 10.3 Å². The lowest BCUT2D eigenvalue weighted by Crippen LogP contribution is -2.43. The van der Waals surface area contributed by atoms with E-state index in [1.807, 2.05) is 12.1 Å². The molecule has 2 aliphatic heterocycles. The molecule has 7 nitrogen and oxygen atoms in total. The Kier molecular flexibility index (Phi) is 5.16. The van der Waals surface area contributed by atoms with Crippen molar-refractivity contribution in [2.45, 2.75) is 18.9 Å². The molecule has 4 rings (SSSR count). The predicted octanol–water partition coefficient (Wildman–Crippen LogP) is 1.96. The van der Waals surface area contributed by atoms with E-state index in [4.69, 9.17) is 4.74 Å². The molecule has 1 unspecified atom stereocenters. The molecule has 1 saturated heterocycles. The fraction of sp³-hybridized carbons (Fsp3) is 0.333. The zero-order valence-electron chi connectivity index (χ0n) is 15.3. The zero-order valence-corrected chi connectivity index (χ0v) is 15.3. The molecule has 7 heteroatoms. The van der Waals surface area contributed by atoms with E-state index in [0.717, 1.165) is 23.3 Å². The van der Waals surface area contributed by atoms with Crippen LogP contribution in [0.2, 0.25) is 0 Å². The second-order valence-electron chi connectivity index (χ2n) is 7.02. The first-order valence-electron chi connectivity index (χ1n) is 9.37. The highest BCUT2D eigenvalue weighted by atomic mass is 16.5. The van der Waals surface area contributed by atoms with E-state index in [1.54, 1.807) is 36.7 Å². The number of ether oxygens (including phenoxy) is 1. The van der Waals surface area contributed by atoms with Gasteiger partial charge in [-0.25, -0.2) is 0 Å². The third-order valence-corrected chi connectivity index (χ3v) is 5.28. The number of pyridine rings is 1. The van der Waals surface area contributed by atoms with Crippen molar-refractivity contribution in [2.24, 2.45) is 5.92 Å². The number of aromatic nitrogens is 1. The Balaban J connectivity index is 1.49. The molecule has 1 aromatic carbocycles. The SMILES string of the molecule is O=C(CN1C(=O)c2ccccc2C1=O)NC(c1cccnc1)C1CCOCC1. The van der Waals surface area contributed by atoms with Gasteiger partial charge in [-0.3, -0.25) is 24.3 Å². The molecule has 1 aromatic heterocycles. The monoisotopic (exact) mass is 379 g/mol. The molecule has 28 heavy (non-hydrogen) atoms. The second kappa shape index (κ2) is 7.90. The van der Waals surface area contributed by atoms with Crippen LogP contribution in [0, 0.1) is 5.92 Å². The fourth-order valence-corrected chi connectivity index (χ4v) is 3.83. The molecule has 0 aliphatic carbocycles. The summed E-state index contributed by atoms with van der Waals surface area (Å²) in [5.74, 6) is -1.02. The Labute approximate surface area is 162 Å². The summed E-state index contributed by atoms with van der Waals surface area (Å²) in [5.41, 5.74) is 1.59. The molecule has 1 atom stereocenters. The Morgan fingerprint density at radius 1 is 1.11 bits per heavy atom. The van der Waals surface area contributed by atoms with Gasteiger partial charge in [0.15, 0.2) is 0 Å². The van der Waals surface area contributed by atoms with Crippen molar-refractivity contribution in [2.75, 3.05) is 19.8 Å². The van der Waals surface area contributed by atoms with Crippen LogP contribution < -0.4 is 5.32 Å². The summed E-state index contributed by atoms with van der Waals surface area (Å²) in [4.78, 5) is 42.9. The number of carbonyl (C=O) groups is 3. The smallest absolute Gasteiger partial charge is 0.262 e. The van der Waals surface area contributed by atoms with E-state index < -0.39 is 11.8 Å². The standard InChI is InChI=1S/C21H21N3O4/c25-18(13-24-20(26)16-5-1-2-6-17(16)21(24)27)23-19(14-7-10-28-11-8-14)15-4-3-9-22-12-15/h1-6,9,12,14,19H,7-8,10-11,13H2,(H,23,25). The summed E-state index contributed by atoms with van der Waals surface area (Å²) in [6.45, 7) is 0.998. The van der Waals surface area contributed by atoms with Gasteiger partial charge in [0.1, 0.15) is 6.54 Å². The highest BCUT2D eigenvalue weighted by Gasteiger charge is 2.37. The first kappa shape index (κ1) is 18.3. The summed E-state index contributed by atoms with van der Waals surface area (Å²) < 4.78 is 5.44. The number of imide groups is 1. The third-order valence-electron chi connectivity index (χ3n) is 5.28. The maximum Gasteiger partial charge on any atom is 0.262 e. The van der Waals surface area contributed by atoms with Crippen molar-refractivity contribution in [3.63, 3.8) is 0 Å². The predicted molar refractivity (Wildman–Crippen MR) is 100 cm³/mol. The van der Waals surface area contributed by atoms with E-state index in [1.165, 1.54) is 0 Å². The highest BCUT2D eigenvalue weighted by Crippen LogP contribution is 2.30. The third kappa shape index (κ3) is 3.53. The van der Waals surface area contributed by atoms with E-state index in [-0.39, 0.29) is 24.4 Å². The van der Waals surface area contributed by atoms with Gasteiger partial charge in [0.2, 0.25) is 5.91 Å². The lowest BCUT2D eigenvalue weighted by Gasteiger charge is -2.31. The van der Waals surface area contributed by atoms with E-state index in [0.29, 0.717) is 24.3 Å². The number of hydrogen-bond donors (Lipinski definition) is 1. The number of nitrogens with one attached hydrogen (secondary N) is 1. The van der Waals surface area contributed by atoms with Crippen LogP contribution in [0.4, 0.5) is 0 Å². The van der Waals surface area contributed by atoms with Crippen molar-refractivity contribution < 1.29 is 19.1 Å². The summed E-state index contributed by atoms with van der Waals surface area (Å²) in [6.07, 6.45) is 5.08. The number of benzene rings is 1. The van der Waals surface area contributed by atoms with Gasteiger partial charge in [-0.1, -0.05) is 18.2 Å². The molecule has 1 fully saturated rings. The summed E-state index contributed by atoms with van der Waals surface area (Å²) in [6, 6.07) is 10.1. The van der Waals surface area contributed by atoms with Gasteiger partial charge in [0, 0.05) is 25.6 Å². The quantitative estimate of drug-likeness (QED) is 0.803. The highest BCUT2D eigenvalue weighted by molar-refractivity contribution is 6.22. The summed E-state index contributed by atoms with van der Waals surface area (Å²) >= 11 is 0. The first-order valence-corrected chi connectivity index (χ1v) is 9.37. The fourth-order valence-electron chi connectivity index (χ4n) is 3.83. The number of nitrogens with zero attached hydrogens (tertiary/aromatic N) is 2. The van der Waals surface area contributed by atoms with Crippen LogP contribution in [0.25, 0.3) is 0 Å². The van der Waals surface area contributed by atoms with Gasteiger partial charge in [-0.15, -0.1) is 0 Å². The molecule has 0 radical (unpaired) electrons. The largest absolute Gasteiger partial charge is 0.381 e. The molecule has 2 aromatic rings. The summed E-state index contributed by atoms with van der Waals surface area (Å²) in [5, 5.41) is 3.02. The molecular weight excluding hydrogens is 358 g/mol. The van der Waals surface area contributed by atoms with Crippen LogP contribution in [0.1, 0.15) is 45.2 Å². The van der Waals surface area contributed by atoms with Crippen LogP contribution in [-0.2, 0) is 9.53 Å². The molecular formula is C21H21N3O4. The lowest BCUT2D eigenvalue weighted by atomic mass is 9.87. The van der Waals surface area contributed by atoms with Crippen molar-refractivity contribution in [3.05, 3.63) is 65.5 Å². The minimum atomic E-state index is -0.431. The minimum absolute atomic E-state index is 0.212. The van der Waals surface area contributed by atoms with Gasteiger partial charge < -0.3 is 10.1 Å². The van der Waals surface area contributed by atoms with Crippen LogP contribution >= 0.6 is 0 Å². The Morgan fingerprint density at radius 2 is 1.79 bits per heavy atom. The topological polar surface area (TPSA) is 88.6 Å². The van der Waals surface area contributed by atoms with Gasteiger partial charge in [-0.05, 0) is 42.5 Å².